The first-order chi connectivity index (χ1) is 8.74. The van der Waals surface area contributed by atoms with Gasteiger partial charge in [-0.3, -0.25) is 0 Å². The maximum Gasteiger partial charge on any atom is 0.123 e. The van der Waals surface area contributed by atoms with Gasteiger partial charge in [0, 0.05) is 6.04 Å². The van der Waals surface area contributed by atoms with Crippen molar-refractivity contribution in [3.05, 3.63) is 65.9 Å². The molecule has 1 heterocycles. The van der Waals surface area contributed by atoms with Gasteiger partial charge in [0.25, 0.3) is 0 Å². The predicted molar refractivity (Wildman–Crippen MR) is 70.4 cm³/mol. The lowest BCUT2D eigenvalue weighted by atomic mass is 10.2. The molecule has 2 nitrogen and oxygen atoms in total. The third-order valence-electron chi connectivity index (χ3n) is 2.63. The number of furan rings is 1. The SMILES string of the molecule is C[C@@H](/C=C/c1ccc(F)cc1)NCc1ccco1. The van der Waals surface area contributed by atoms with E-state index in [1.54, 1.807) is 18.4 Å². The molecule has 0 spiro atoms. The second kappa shape index (κ2) is 6.17. The number of hydrogen-bond acceptors (Lipinski definition) is 2. The fraction of sp³-hybridized carbons (Fsp3) is 0.200. The Morgan fingerprint density at radius 3 is 2.72 bits per heavy atom. The summed E-state index contributed by atoms with van der Waals surface area (Å²) in [6, 6.07) is 10.5. The fourth-order valence-electron chi connectivity index (χ4n) is 1.57. The fourth-order valence-corrected chi connectivity index (χ4v) is 1.57. The van der Waals surface area contributed by atoms with E-state index in [4.69, 9.17) is 4.42 Å². The lowest BCUT2D eigenvalue weighted by Crippen LogP contribution is -2.22. The monoisotopic (exact) mass is 245 g/mol. The predicted octanol–water partition coefficient (Wildman–Crippen LogP) is 3.61. The van der Waals surface area contributed by atoms with Crippen molar-refractivity contribution < 1.29 is 8.81 Å². The third-order valence-corrected chi connectivity index (χ3v) is 2.63. The minimum absolute atomic E-state index is 0.212. The summed E-state index contributed by atoms with van der Waals surface area (Å²) < 4.78 is 17.9. The largest absolute Gasteiger partial charge is 0.468 e. The topological polar surface area (TPSA) is 25.2 Å². The molecule has 2 aromatic rings. The first-order valence-corrected chi connectivity index (χ1v) is 5.93. The van der Waals surface area contributed by atoms with Crippen LogP contribution in [0.2, 0.25) is 0 Å². The summed E-state index contributed by atoms with van der Waals surface area (Å²) in [4.78, 5) is 0. The quantitative estimate of drug-likeness (QED) is 0.870. The molecule has 0 radical (unpaired) electrons. The molecule has 0 aliphatic heterocycles. The highest BCUT2D eigenvalue weighted by molar-refractivity contribution is 5.49. The Kier molecular flexibility index (Phi) is 4.31. The van der Waals surface area contributed by atoms with E-state index < -0.39 is 0 Å². The van der Waals surface area contributed by atoms with Crippen LogP contribution in [0, 0.1) is 5.82 Å². The molecule has 0 bridgehead atoms. The van der Waals surface area contributed by atoms with Crippen LogP contribution < -0.4 is 5.32 Å². The van der Waals surface area contributed by atoms with Crippen LogP contribution in [0.15, 0.2) is 53.2 Å². The van der Waals surface area contributed by atoms with Crippen molar-refractivity contribution in [1.29, 1.82) is 0 Å². The molecule has 1 aromatic carbocycles. The van der Waals surface area contributed by atoms with E-state index >= 15 is 0 Å². The summed E-state index contributed by atoms with van der Waals surface area (Å²) in [7, 11) is 0. The summed E-state index contributed by atoms with van der Waals surface area (Å²) in [6.45, 7) is 2.75. The van der Waals surface area contributed by atoms with Gasteiger partial charge in [0.05, 0.1) is 12.8 Å². The lowest BCUT2D eigenvalue weighted by Gasteiger charge is -2.07. The molecule has 94 valence electrons. The van der Waals surface area contributed by atoms with Crippen molar-refractivity contribution in [2.75, 3.05) is 0 Å². The van der Waals surface area contributed by atoms with Crippen LogP contribution in [0.3, 0.4) is 0 Å². The summed E-state index contributed by atoms with van der Waals surface area (Å²) in [5.41, 5.74) is 0.989. The molecule has 0 aliphatic carbocycles. The highest BCUT2D eigenvalue weighted by atomic mass is 19.1. The van der Waals surface area contributed by atoms with Gasteiger partial charge in [-0.25, -0.2) is 4.39 Å². The molecule has 0 amide bonds. The highest BCUT2D eigenvalue weighted by Crippen LogP contribution is 2.06. The highest BCUT2D eigenvalue weighted by Gasteiger charge is 1.98. The molecular weight excluding hydrogens is 229 g/mol. The van der Waals surface area contributed by atoms with Gasteiger partial charge in [-0.2, -0.15) is 0 Å². The van der Waals surface area contributed by atoms with E-state index in [-0.39, 0.29) is 11.9 Å². The number of nitrogens with one attached hydrogen (secondary N) is 1. The molecule has 1 N–H and O–H groups in total. The van der Waals surface area contributed by atoms with Gasteiger partial charge >= 0.3 is 0 Å². The van der Waals surface area contributed by atoms with Crippen molar-refractivity contribution in [2.45, 2.75) is 19.5 Å². The molecular formula is C15H16FNO. The van der Waals surface area contributed by atoms with E-state index in [9.17, 15) is 4.39 Å². The van der Waals surface area contributed by atoms with Gasteiger partial charge in [0.15, 0.2) is 0 Å². The average molecular weight is 245 g/mol. The molecule has 0 aliphatic rings. The molecule has 18 heavy (non-hydrogen) atoms. The number of hydrogen-bond donors (Lipinski definition) is 1. The minimum Gasteiger partial charge on any atom is -0.468 e. The van der Waals surface area contributed by atoms with Crippen LogP contribution in [-0.4, -0.2) is 6.04 Å². The van der Waals surface area contributed by atoms with Crippen molar-refractivity contribution in [2.24, 2.45) is 0 Å². The van der Waals surface area contributed by atoms with Gasteiger partial charge in [0.2, 0.25) is 0 Å². The molecule has 0 fully saturated rings. The Balaban J connectivity index is 1.83. The Morgan fingerprint density at radius 1 is 1.28 bits per heavy atom. The smallest absolute Gasteiger partial charge is 0.123 e. The second-order valence-electron chi connectivity index (χ2n) is 4.16. The minimum atomic E-state index is -0.212. The van der Waals surface area contributed by atoms with E-state index in [2.05, 4.69) is 12.2 Å². The van der Waals surface area contributed by atoms with Crippen LogP contribution in [0.25, 0.3) is 6.08 Å². The first-order valence-electron chi connectivity index (χ1n) is 5.93. The number of rotatable bonds is 5. The summed E-state index contributed by atoms with van der Waals surface area (Å²) >= 11 is 0. The Bertz CT molecular complexity index is 488. The zero-order chi connectivity index (χ0) is 12.8. The van der Waals surface area contributed by atoms with Gasteiger partial charge < -0.3 is 9.73 Å². The third kappa shape index (κ3) is 3.86. The first kappa shape index (κ1) is 12.6. The van der Waals surface area contributed by atoms with Crippen LogP contribution in [-0.2, 0) is 6.54 Å². The van der Waals surface area contributed by atoms with Gasteiger partial charge in [-0.15, -0.1) is 0 Å². The van der Waals surface area contributed by atoms with E-state index in [0.29, 0.717) is 6.54 Å². The van der Waals surface area contributed by atoms with Gasteiger partial charge in [-0.1, -0.05) is 24.3 Å². The summed E-state index contributed by atoms with van der Waals surface area (Å²) in [5, 5.41) is 3.31. The Morgan fingerprint density at radius 2 is 2.06 bits per heavy atom. The van der Waals surface area contributed by atoms with Crippen molar-refractivity contribution >= 4 is 6.08 Å². The molecule has 0 saturated carbocycles. The lowest BCUT2D eigenvalue weighted by molar-refractivity contribution is 0.474. The zero-order valence-electron chi connectivity index (χ0n) is 10.3. The van der Waals surface area contributed by atoms with Crippen LogP contribution >= 0.6 is 0 Å². The Hall–Kier alpha value is -1.87. The maximum atomic E-state index is 12.7. The summed E-state index contributed by atoms with van der Waals surface area (Å²) in [5.74, 6) is 0.702. The van der Waals surface area contributed by atoms with Crippen molar-refractivity contribution in [3.63, 3.8) is 0 Å². The molecule has 3 heteroatoms. The van der Waals surface area contributed by atoms with Crippen LogP contribution in [0.4, 0.5) is 4.39 Å². The summed E-state index contributed by atoms with van der Waals surface area (Å²) in [6.07, 6.45) is 5.67. The molecule has 0 unspecified atom stereocenters. The van der Waals surface area contributed by atoms with Crippen molar-refractivity contribution in [3.8, 4) is 0 Å². The number of benzene rings is 1. The zero-order valence-corrected chi connectivity index (χ0v) is 10.3. The number of halogens is 1. The van der Waals surface area contributed by atoms with Gasteiger partial charge in [0.1, 0.15) is 11.6 Å². The molecule has 0 saturated heterocycles. The molecule has 2 rings (SSSR count). The average Bonchev–Trinajstić information content (AvgIpc) is 2.89. The van der Waals surface area contributed by atoms with Crippen molar-refractivity contribution in [1.82, 2.24) is 5.32 Å². The van der Waals surface area contributed by atoms with Gasteiger partial charge in [-0.05, 0) is 36.8 Å². The van der Waals surface area contributed by atoms with E-state index in [0.717, 1.165) is 11.3 Å². The molecule has 1 atom stereocenters. The van der Waals surface area contributed by atoms with E-state index in [1.165, 1.54) is 12.1 Å². The van der Waals surface area contributed by atoms with Crippen LogP contribution in [0.5, 0.6) is 0 Å². The maximum absolute atomic E-state index is 12.7. The Labute approximate surface area is 106 Å². The second-order valence-corrected chi connectivity index (χ2v) is 4.16. The van der Waals surface area contributed by atoms with E-state index in [1.807, 2.05) is 24.3 Å². The standard InChI is InChI=1S/C15H16FNO/c1-12(17-11-15-3-2-10-18-15)4-5-13-6-8-14(16)9-7-13/h2-10,12,17H,11H2,1H3/b5-4+/t12-/m0/s1. The molecule has 1 aromatic heterocycles. The normalized spacial score (nSPS) is 13.0. The van der Waals surface area contributed by atoms with Crippen LogP contribution in [0.1, 0.15) is 18.2 Å².